The second-order valence-electron chi connectivity index (χ2n) is 5.35. The van der Waals surface area contributed by atoms with Gasteiger partial charge in [-0.05, 0) is 29.8 Å². The van der Waals surface area contributed by atoms with Crippen molar-refractivity contribution in [3.63, 3.8) is 0 Å². The highest BCUT2D eigenvalue weighted by molar-refractivity contribution is 7.98. The Morgan fingerprint density at radius 2 is 1.81 bits per heavy atom. The predicted octanol–water partition coefficient (Wildman–Crippen LogP) is 4.24. The Bertz CT molecular complexity index is 910. The molecule has 0 unspecified atom stereocenters. The number of hydrogen-bond acceptors (Lipinski definition) is 7. The third kappa shape index (κ3) is 5.18. The monoisotopic (exact) mass is 405 g/mol. The maximum absolute atomic E-state index is 12.9. The van der Waals surface area contributed by atoms with Crippen molar-refractivity contribution in [3.8, 4) is 11.5 Å². The second kappa shape index (κ2) is 8.83. The number of nitrogens with one attached hydrogen (secondary N) is 1. The molecule has 1 heterocycles. The molecule has 3 aromatic rings. The minimum Gasteiger partial charge on any atom is -0.497 e. The molecule has 0 aliphatic carbocycles. The van der Waals surface area contributed by atoms with Gasteiger partial charge in [-0.3, -0.25) is 10.1 Å². The van der Waals surface area contributed by atoms with E-state index in [1.807, 2.05) is 0 Å². The van der Waals surface area contributed by atoms with Crippen molar-refractivity contribution in [3.05, 3.63) is 59.4 Å². The van der Waals surface area contributed by atoms with E-state index in [1.165, 1.54) is 38.1 Å². The number of anilines is 1. The molecule has 3 rings (SSSR count). The van der Waals surface area contributed by atoms with Crippen LogP contribution >= 0.6 is 23.3 Å². The number of carbonyl (C=O) groups is 1. The average Bonchev–Trinajstić information content (AvgIpc) is 3.14. The number of methoxy groups -OCH3 is 2. The molecule has 9 heteroatoms. The van der Waals surface area contributed by atoms with Crippen molar-refractivity contribution in [2.45, 2.75) is 10.9 Å². The summed E-state index contributed by atoms with van der Waals surface area (Å²) in [4.78, 5) is 16.7. The van der Waals surface area contributed by atoms with Crippen LogP contribution in [0.2, 0.25) is 0 Å². The van der Waals surface area contributed by atoms with E-state index in [2.05, 4.69) is 14.7 Å². The lowest BCUT2D eigenvalue weighted by Crippen LogP contribution is -2.12. The lowest BCUT2D eigenvalue weighted by molar-refractivity contribution is 0.102. The van der Waals surface area contributed by atoms with E-state index in [0.717, 1.165) is 17.1 Å². The van der Waals surface area contributed by atoms with Crippen LogP contribution in [-0.4, -0.2) is 29.5 Å². The molecule has 0 saturated heterocycles. The zero-order valence-electron chi connectivity index (χ0n) is 14.6. The number of nitrogens with zero attached hydrogens (tertiary/aromatic N) is 2. The van der Waals surface area contributed by atoms with E-state index >= 15 is 0 Å². The third-order valence-electron chi connectivity index (χ3n) is 3.52. The Balaban J connectivity index is 1.63. The van der Waals surface area contributed by atoms with Gasteiger partial charge < -0.3 is 9.47 Å². The zero-order valence-corrected chi connectivity index (χ0v) is 16.2. The highest BCUT2D eigenvalue weighted by atomic mass is 32.2. The van der Waals surface area contributed by atoms with Gasteiger partial charge in [0.15, 0.2) is 0 Å². The number of aromatic nitrogens is 2. The first kappa shape index (κ1) is 19.1. The van der Waals surface area contributed by atoms with Crippen LogP contribution in [0.3, 0.4) is 0 Å². The summed E-state index contributed by atoms with van der Waals surface area (Å²) < 4.78 is 27.5. The van der Waals surface area contributed by atoms with Gasteiger partial charge in [-0.1, -0.05) is 23.9 Å². The lowest BCUT2D eigenvalue weighted by Gasteiger charge is -2.07. The van der Waals surface area contributed by atoms with E-state index in [0.29, 0.717) is 33.1 Å². The highest BCUT2D eigenvalue weighted by Crippen LogP contribution is 2.26. The van der Waals surface area contributed by atoms with E-state index in [9.17, 15) is 9.18 Å². The Morgan fingerprint density at radius 1 is 1.15 bits per heavy atom. The molecule has 140 valence electrons. The van der Waals surface area contributed by atoms with Gasteiger partial charge in [-0.15, -0.1) is 0 Å². The molecule has 1 aromatic heterocycles. The van der Waals surface area contributed by atoms with Gasteiger partial charge in [0.05, 0.1) is 14.2 Å². The van der Waals surface area contributed by atoms with Gasteiger partial charge >= 0.3 is 0 Å². The minimum absolute atomic E-state index is 0.269. The first-order chi connectivity index (χ1) is 13.1. The van der Waals surface area contributed by atoms with Gasteiger partial charge in [-0.2, -0.15) is 9.36 Å². The summed E-state index contributed by atoms with van der Waals surface area (Å²) >= 11 is 2.50. The Hall–Kier alpha value is -2.65. The van der Waals surface area contributed by atoms with Crippen molar-refractivity contribution >= 4 is 34.3 Å². The molecular weight excluding hydrogens is 389 g/mol. The average molecular weight is 405 g/mol. The number of hydrogen-bond donors (Lipinski definition) is 1. The molecule has 0 aliphatic heterocycles. The fourth-order valence-corrected chi connectivity index (χ4v) is 3.65. The lowest BCUT2D eigenvalue weighted by atomic mass is 10.2. The molecule has 1 N–H and O–H groups in total. The summed E-state index contributed by atoms with van der Waals surface area (Å²) in [5.41, 5.74) is 1.35. The molecule has 27 heavy (non-hydrogen) atoms. The normalized spacial score (nSPS) is 10.5. The van der Waals surface area contributed by atoms with E-state index in [-0.39, 0.29) is 11.7 Å². The van der Waals surface area contributed by atoms with Crippen LogP contribution in [0.1, 0.15) is 15.9 Å². The Labute approximate surface area is 163 Å². The number of ether oxygens (including phenoxy) is 2. The van der Waals surface area contributed by atoms with Crippen molar-refractivity contribution < 1.29 is 18.7 Å². The first-order valence-electron chi connectivity index (χ1n) is 7.83. The molecule has 0 radical (unpaired) electrons. The molecule has 0 aliphatic rings. The molecule has 0 saturated carbocycles. The molecule has 0 fully saturated rings. The second-order valence-corrected chi connectivity index (χ2v) is 7.05. The maximum atomic E-state index is 12.9. The molecule has 0 atom stereocenters. The molecule has 0 spiro atoms. The SMILES string of the molecule is COc1cc(OC)cc(C(=O)Nc2nc(SCc3ccc(F)cc3)ns2)c1. The topological polar surface area (TPSA) is 73.3 Å². The van der Waals surface area contributed by atoms with Gasteiger partial charge in [0, 0.05) is 28.9 Å². The number of halogens is 1. The van der Waals surface area contributed by atoms with Crippen LogP contribution in [-0.2, 0) is 5.75 Å². The van der Waals surface area contributed by atoms with Gasteiger partial charge in [0.2, 0.25) is 10.3 Å². The van der Waals surface area contributed by atoms with Crippen LogP contribution in [0.5, 0.6) is 11.5 Å². The van der Waals surface area contributed by atoms with Crippen molar-refractivity contribution in [2.75, 3.05) is 19.5 Å². The Morgan fingerprint density at radius 3 is 2.44 bits per heavy atom. The third-order valence-corrected chi connectivity index (χ3v) is 5.19. The number of benzene rings is 2. The largest absolute Gasteiger partial charge is 0.497 e. The van der Waals surface area contributed by atoms with E-state index in [1.54, 1.807) is 30.3 Å². The summed E-state index contributed by atoms with van der Waals surface area (Å²) in [6.45, 7) is 0. The van der Waals surface area contributed by atoms with E-state index in [4.69, 9.17) is 9.47 Å². The molecule has 1 amide bonds. The number of thioether (sulfide) groups is 1. The number of rotatable bonds is 7. The fraction of sp³-hybridized carbons (Fsp3) is 0.167. The van der Waals surface area contributed by atoms with Gasteiger partial charge in [0.25, 0.3) is 5.91 Å². The Kier molecular flexibility index (Phi) is 6.25. The molecule has 6 nitrogen and oxygen atoms in total. The van der Waals surface area contributed by atoms with Crippen molar-refractivity contribution in [1.82, 2.24) is 9.36 Å². The number of amides is 1. The quantitative estimate of drug-likeness (QED) is 0.593. The zero-order chi connectivity index (χ0) is 19.2. The summed E-state index contributed by atoms with van der Waals surface area (Å²) in [7, 11) is 3.04. The maximum Gasteiger partial charge on any atom is 0.257 e. The molecular formula is C18H16FN3O3S2. The van der Waals surface area contributed by atoms with Crippen molar-refractivity contribution in [2.24, 2.45) is 0 Å². The highest BCUT2D eigenvalue weighted by Gasteiger charge is 2.13. The van der Waals surface area contributed by atoms with Crippen LogP contribution in [0.25, 0.3) is 0 Å². The fourth-order valence-electron chi connectivity index (χ4n) is 2.16. The standard InChI is InChI=1S/C18H16FN3O3S2/c1-24-14-7-12(8-15(9-14)25-2)16(23)20-17-21-18(22-27-17)26-10-11-3-5-13(19)6-4-11/h3-9H,10H2,1-2H3,(H,20,21,22,23). The summed E-state index contributed by atoms with van der Waals surface area (Å²) in [5.74, 6) is 1.05. The molecule has 0 bridgehead atoms. The smallest absolute Gasteiger partial charge is 0.257 e. The van der Waals surface area contributed by atoms with Gasteiger partial charge in [0.1, 0.15) is 17.3 Å². The van der Waals surface area contributed by atoms with E-state index < -0.39 is 0 Å². The number of carbonyl (C=O) groups excluding carboxylic acids is 1. The van der Waals surface area contributed by atoms with Crippen molar-refractivity contribution in [1.29, 1.82) is 0 Å². The minimum atomic E-state index is -0.335. The van der Waals surface area contributed by atoms with Gasteiger partial charge in [-0.25, -0.2) is 4.39 Å². The first-order valence-corrected chi connectivity index (χ1v) is 9.58. The van der Waals surface area contributed by atoms with Crippen LogP contribution in [0.15, 0.2) is 47.6 Å². The summed E-state index contributed by atoms with van der Waals surface area (Å²) in [6.07, 6.45) is 0. The summed E-state index contributed by atoms with van der Waals surface area (Å²) in [6, 6.07) is 11.2. The van der Waals surface area contributed by atoms with Crippen LogP contribution < -0.4 is 14.8 Å². The summed E-state index contributed by atoms with van der Waals surface area (Å²) in [5, 5.41) is 3.66. The molecule has 2 aromatic carbocycles. The van der Waals surface area contributed by atoms with Crippen LogP contribution in [0, 0.1) is 5.82 Å². The predicted molar refractivity (Wildman–Crippen MR) is 103 cm³/mol. The van der Waals surface area contributed by atoms with Crippen LogP contribution in [0.4, 0.5) is 9.52 Å².